The summed E-state index contributed by atoms with van der Waals surface area (Å²) < 4.78 is 2.50. The standard InChI is InChI=1S/C26H20N2S/c1-27-16-17-8-6-12-21-20-11-7-10-19-18-9-2-3-13-22(18)28(25(19)20)23-14-4-5-15-24(23)29-26(17)21/h2-14,24H,1,15-16H2. The van der Waals surface area contributed by atoms with Gasteiger partial charge in [-0.1, -0.05) is 66.7 Å². The SMILES string of the molecule is C=NCc1cccc2c1SC1CC=CC=C1n1c3ccccc3c3cccc-2c31. The second kappa shape index (κ2) is 6.50. The molecule has 1 aliphatic heterocycles. The molecule has 0 bridgehead atoms. The van der Waals surface area contributed by atoms with E-state index in [4.69, 9.17) is 0 Å². The maximum absolute atomic E-state index is 4.20. The summed E-state index contributed by atoms with van der Waals surface area (Å²) in [5.41, 5.74) is 7.82. The molecule has 0 amide bonds. The lowest BCUT2D eigenvalue weighted by Gasteiger charge is -2.29. The Morgan fingerprint density at radius 3 is 2.72 bits per heavy atom. The van der Waals surface area contributed by atoms with Crippen LogP contribution in [0.15, 0.2) is 88.8 Å². The molecule has 1 aliphatic carbocycles. The number of nitrogens with zero attached hydrogens (tertiary/aromatic N) is 2. The van der Waals surface area contributed by atoms with E-state index in [-0.39, 0.29) is 0 Å². The fraction of sp³-hybridized carbons (Fsp3) is 0.115. The number of benzene rings is 3. The highest BCUT2D eigenvalue weighted by atomic mass is 32.2. The van der Waals surface area contributed by atoms with Crippen LogP contribution in [0.25, 0.3) is 38.6 Å². The second-order valence-electron chi connectivity index (χ2n) is 7.59. The van der Waals surface area contributed by atoms with Gasteiger partial charge in [0.15, 0.2) is 0 Å². The molecule has 0 radical (unpaired) electrons. The van der Waals surface area contributed by atoms with Gasteiger partial charge in [0.25, 0.3) is 0 Å². The Labute approximate surface area is 174 Å². The van der Waals surface area contributed by atoms with Crippen molar-refractivity contribution in [2.75, 3.05) is 0 Å². The first kappa shape index (κ1) is 16.9. The first-order valence-corrected chi connectivity index (χ1v) is 10.9. The number of hydrogen-bond donors (Lipinski definition) is 0. The van der Waals surface area contributed by atoms with E-state index in [1.165, 1.54) is 49.1 Å². The number of thioether (sulfide) groups is 1. The molecule has 3 heteroatoms. The maximum atomic E-state index is 4.20. The molecule has 2 aliphatic rings. The molecule has 2 heterocycles. The molecule has 0 N–H and O–H groups in total. The average molecular weight is 393 g/mol. The van der Waals surface area contributed by atoms with Crippen molar-refractivity contribution in [3.8, 4) is 11.1 Å². The van der Waals surface area contributed by atoms with Crippen molar-refractivity contribution in [1.29, 1.82) is 0 Å². The van der Waals surface area contributed by atoms with Gasteiger partial charge in [-0.2, -0.15) is 0 Å². The number of para-hydroxylation sites is 2. The lowest BCUT2D eigenvalue weighted by atomic mass is 9.99. The van der Waals surface area contributed by atoms with Gasteiger partial charge in [-0.15, -0.1) is 11.8 Å². The first-order valence-electron chi connectivity index (χ1n) is 9.97. The molecule has 0 fully saturated rings. The van der Waals surface area contributed by atoms with E-state index in [2.05, 4.69) is 95.2 Å². The van der Waals surface area contributed by atoms with Crippen LogP contribution in [0.4, 0.5) is 0 Å². The summed E-state index contributed by atoms with van der Waals surface area (Å²) >= 11 is 1.97. The van der Waals surface area contributed by atoms with E-state index in [0.717, 1.165) is 6.42 Å². The Morgan fingerprint density at radius 2 is 1.79 bits per heavy atom. The van der Waals surface area contributed by atoms with Crippen LogP contribution in [-0.4, -0.2) is 16.5 Å². The minimum atomic E-state index is 0.372. The Morgan fingerprint density at radius 1 is 0.966 bits per heavy atom. The van der Waals surface area contributed by atoms with E-state index in [1.807, 2.05) is 11.8 Å². The third kappa shape index (κ3) is 2.41. The van der Waals surface area contributed by atoms with E-state index in [1.54, 1.807) is 0 Å². The van der Waals surface area contributed by atoms with Crippen LogP contribution in [0.1, 0.15) is 12.0 Å². The predicted molar refractivity (Wildman–Crippen MR) is 126 cm³/mol. The van der Waals surface area contributed by atoms with Gasteiger partial charge in [-0.3, -0.25) is 4.99 Å². The van der Waals surface area contributed by atoms with Gasteiger partial charge in [-0.25, -0.2) is 0 Å². The van der Waals surface area contributed by atoms with Crippen molar-refractivity contribution >= 4 is 46.0 Å². The van der Waals surface area contributed by atoms with Crippen molar-refractivity contribution in [2.24, 2.45) is 4.99 Å². The normalized spacial score (nSPS) is 17.4. The zero-order chi connectivity index (χ0) is 19.4. The van der Waals surface area contributed by atoms with Crippen LogP contribution in [-0.2, 0) is 6.54 Å². The maximum Gasteiger partial charge on any atom is 0.0643 e. The van der Waals surface area contributed by atoms with Gasteiger partial charge in [0.2, 0.25) is 0 Å². The van der Waals surface area contributed by atoms with Crippen LogP contribution >= 0.6 is 11.8 Å². The Kier molecular flexibility index (Phi) is 3.78. The molecule has 6 rings (SSSR count). The average Bonchev–Trinajstić information content (AvgIpc) is 3.09. The molecule has 1 unspecified atom stereocenters. The minimum Gasteiger partial charge on any atom is -0.311 e. The number of fused-ring (bicyclic) bond motifs is 7. The molecule has 1 aromatic heterocycles. The van der Waals surface area contributed by atoms with Crippen LogP contribution in [0.5, 0.6) is 0 Å². The highest BCUT2D eigenvalue weighted by molar-refractivity contribution is 8.00. The lowest BCUT2D eigenvalue weighted by molar-refractivity contribution is 0.981. The topological polar surface area (TPSA) is 17.3 Å². The van der Waals surface area contributed by atoms with Crippen molar-refractivity contribution in [1.82, 2.24) is 4.57 Å². The van der Waals surface area contributed by atoms with Crippen molar-refractivity contribution in [3.63, 3.8) is 0 Å². The summed E-state index contributed by atoms with van der Waals surface area (Å²) in [5, 5.41) is 3.00. The minimum absolute atomic E-state index is 0.372. The number of aliphatic imine (C=N–C) groups is 1. The van der Waals surface area contributed by atoms with E-state index >= 15 is 0 Å². The summed E-state index contributed by atoms with van der Waals surface area (Å²) in [6.07, 6.45) is 7.81. The quantitative estimate of drug-likeness (QED) is 0.338. The molecule has 4 aromatic rings. The summed E-state index contributed by atoms with van der Waals surface area (Å²) in [6, 6.07) is 22.1. The zero-order valence-corrected chi connectivity index (χ0v) is 16.8. The number of allylic oxidation sites excluding steroid dienone is 3. The van der Waals surface area contributed by atoms with Gasteiger partial charge in [-0.05, 0) is 36.4 Å². The molecular formula is C26H20N2S. The van der Waals surface area contributed by atoms with Gasteiger partial charge in [0.1, 0.15) is 0 Å². The number of hydrogen-bond acceptors (Lipinski definition) is 2. The molecule has 0 spiro atoms. The van der Waals surface area contributed by atoms with E-state index in [0.29, 0.717) is 11.8 Å². The van der Waals surface area contributed by atoms with E-state index < -0.39 is 0 Å². The van der Waals surface area contributed by atoms with E-state index in [9.17, 15) is 0 Å². The highest BCUT2D eigenvalue weighted by Gasteiger charge is 2.28. The number of aromatic nitrogens is 1. The Bertz CT molecular complexity index is 1360. The van der Waals surface area contributed by atoms with Crippen molar-refractivity contribution < 1.29 is 0 Å². The van der Waals surface area contributed by atoms with Crippen molar-refractivity contribution in [2.45, 2.75) is 23.1 Å². The summed E-state index contributed by atoms with van der Waals surface area (Å²) in [4.78, 5) is 5.55. The lowest BCUT2D eigenvalue weighted by Crippen LogP contribution is -2.15. The van der Waals surface area contributed by atoms with Crippen LogP contribution in [0, 0.1) is 0 Å². The molecule has 140 valence electrons. The summed E-state index contributed by atoms with van der Waals surface area (Å²) in [6.45, 7) is 4.40. The molecular weight excluding hydrogens is 372 g/mol. The molecule has 1 atom stereocenters. The van der Waals surface area contributed by atoms with Crippen LogP contribution in [0.3, 0.4) is 0 Å². The largest absolute Gasteiger partial charge is 0.311 e. The van der Waals surface area contributed by atoms with Gasteiger partial charge in [0.05, 0.1) is 22.8 Å². The zero-order valence-electron chi connectivity index (χ0n) is 16.0. The third-order valence-electron chi connectivity index (χ3n) is 5.97. The highest BCUT2D eigenvalue weighted by Crippen LogP contribution is 2.49. The smallest absolute Gasteiger partial charge is 0.0643 e. The first-order chi connectivity index (χ1) is 14.4. The monoisotopic (exact) mass is 392 g/mol. The molecule has 3 aromatic carbocycles. The van der Waals surface area contributed by atoms with Gasteiger partial charge >= 0.3 is 0 Å². The molecule has 29 heavy (non-hydrogen) atoms. The molecule has 2 nitrogen and oxygen atoms in total. The third-order valence-corrected chi connectivity index (χ3v) is 7.40. The van der Waals surface area contributed by atoms with Gasteiger partial charge < -0.3 is 4.57 Å². The fourth-order valence-electron chi connectivity index (χ4n) is 4.75. The fourth-order valence-corrected chi connectivity index (χ4v) is 6.14. The number of rotatable bonds is 2. The summed E-state index contributed by atoms with van der Waals surface area (Å²) in [5.74, 6) is 0. The molecule has 0 saturated heterocycles. The molecule has 0 saturated carbocycles. The summed E-state index contributed by atoms with van der Waals surface area (Å²) in [7, 11) is 0. The predicted octanol–water partition coefficient (Wildman–Crippen LogP) is 6.94. The van der Waals surface area contributed by atoms with Crippen molar-refractivity contribution in [3.05, 3.63) is 84.5 Å². The second-order valence-corrected chi connectivity index (χ2v) is 8.80. The Hall–Kier alpha value is -3.04. The van der Waals surface area contributed by atoms with Crippen LogP contribution < -0.4 is 0 Å². The van der Waals surface area contributed by atoms with Crippen LogP contribution in [0.2, 0.25) is 0 Å². The Balaban J connectivity index is 1.83. The van der Waals surface area contributed by atoms with Gasteiger partial charge in [0, 0.05) is 26.9 Å².